The number of hydrogen-bond acceptors (Lipinski definition) is 7. The number of amides is 1. The van der Waals surface area contributed by atoms with Crippen molar-refractivity contribution in [2.75, 3.05) is 25.4 Å². The van der Waals surface area contributed by atoms with E-state index in [1.165, 1.54) is 35.1 Å². The van der Waals surface area contributed by atoms with E-state index in [1.807, 2.05) is 29.7 Å². The Balaban J connectivity index is 1.48. The smallest absolute Gasteiger partial charge is 0.243 e. The number of piperidine rings is 1. The number of carbonyl (C=O) groups is 2. The van der Waals surface area contributed by atoms with Gasteiger partial charge in [-0.05, 0) is 56.0 Å². The molecule has 0 unspecified atom stereocenters. The molecule has 0 aliphatic carbocycles. The molecule has 1 saturated heterocycles. The van der Waals surface area contributed by atoms with Gasteiger partial charge in [0.15, 0.2) is 10.9 Å². The van der Waals surface area contributed by atoms with Crippen LogP contribution in [0.5, 0.6) is 0 Å². The Morgan fingerprint density at radius 1 is 1.05 bits per heavy atom. The molecule has 0 spiro atoms. The molecular formula is C27H32ClN5O4S2. The van der Waals surface area contributed by atoms with Gasteiger partial charge in [-0.25, -0.2) is 8.42 Å². The Labute approximate surface area is 238 Å². The van der Waals surface area contributed by atoms with Gasteiger partial charge in [0.2, 0.25) is 15.9 Å². The molecule has 0 radical (unpaired) electrons. The largest absolute Gasteiger partial charge is 0.356 e. The third-order valence-corrected chi connectivity index (χ3v) is 9.78. The Hall–Kier alpha value is -2.73. The number of sulfonamides is 1. The van der Waals surface area contributed by atoms with Gasteiger partial charge < -0.3 is 5.32 Å². The fourth-order valence-electron chi connectivity index (χ4n) is 4.33. The van der Waals surface area contributed by atoms with Crippen LogP contribution < -0.4 is 5.32 Å². The van der Waals surface area contributed by atoms with Gasteiger partial charge in [0.1, 0.15) is 5.82 Å². The Bertz CT molecular complexity index is 1430. The lowest BCUT2D eigenvalue weighted by molar-refractivity contribution is -0.118. The summed E-state index contributed by atoms with van der Waals surface area (Å²) in [5.41, 5.74) is 2.16. The first-order valence-corrected chi connectivity index (χ1v) is 15.7. The van der Waals surface area contributed by atoms with Gasteiger partial charge in [-0.3, -0.25) is 14.2 Å². The first-order chi connectivity index (χ1) is 18.7. The maximum absolute atomic E-state index is 13.0. The number of benzene rings is 2. The molecule has 4 rings (SSSR count). The van der Waals surface area contributed by atoms with E-state index in [9.17, 15) is 18.0 Å². The van der Waals surface area contributed by atoms with Crippen molar-refractivity contribution in [2.24, 2.45) is 0 Å². The molecule has 39 heavy (non-hydrogen) atoms. The first-order valence-electron chi connectivity index (χ1n) is 12.9. The minimum Gasteiger partial charge on any atom is -0.356 e. The third-order valence-electron chi connectivity index (χ3n) is 6.53. The Kier molecular flexibility index (Phi) is 9.81. The molecule has 1 aliphatic heterocycles. The molecule has 2 aromatic carbocycles. The van der Waals surface area contributed by atoms with Gasteiger partial charge in [0.25, 0.3) is 0 Å². The second-order valence-electron chi connectivity index (χ2n) is 9.46. The summed E-state index contributed by atoms with van der Waals surface area (Å²) in [5.74, 6) is 0.559. The van der Waals surface area contributed by atoms with Crippen LogP contribution in [-0.2, 0) is 21.2 Å². The maximum atomic E-state index is 13.0. The average Bonchev–Trinajstić information content (AvgIpc) is 3.34. The quantitative estimate of drug-likeness (QED) is 0.200. The van der Waals surface area contributed by atoms with Crippen molar-refractivity contribution >= 4 is 45.1 Å². The summed E-state index contributed by atoms with van der Waals surface area (Å²) in [4.78, 5) is 24.4. The molecular weight excluding hydrogens is 558 g/mol. The topological polar surface area (TPSA) is 114 Å². The van der Waals surface area contributed by atoms with E-state index in [-0.39, 0.29) is 22.3 Å². The van der Waals surface area contributed by atoms with E-state index in [0.29, 0.717) is 54.0 Å². The van der Waals surface area contributed by atoms with Crippen molar-refractivity contribution in [1.29, 1.82) is 0 Å². The molecule has 3 aromatic rings. The second-order valence-corrected chi connectivity index (χ2v) is 12.7. The normalized spacial score (nSPS) is 14.3. The van der Waals surface area contributed by atoms with Crippen molar-refractivity contribution in [1.82, 2.24) is 24.4 Å². The van der Waals surface area contributed by atoms with Gasteiger partial charge in [-0.15, -0.1) is 10.2 Å². The number of hydrogen-bond donors (Lipinski definition) is 1. The molecule has 208 valence electrons. The summed E-state index contributed by atoms with van der Waals surface area (Å²) >= 11 is 7.64. The molecule has 12 heteroatoms. The zero-order valence-corrected chi connectivity index (χ0v) is 24.4. The van der Waals surface area contributed by atoms with Crippen molar-refractivity contribution in [3.8, 4) is 5.69 Å². The number of ketones is 1. The van der Waals surface area contributed by atoms with Gasteiger partial charge in [-0.2, -0.15) is 4.31 Å². The molecule has 1 N–H and O–H groups in total. The minimum atomic E-state index is -3.55. The predicted octanol–water partition coefficient (Wildman–Crippen LogP) is 4.45. The average molecular weight is 590 g/mol. The summed E-state index contributed by atoms with van der Waals surface area (Å²) in [5, 5.41) is 12.6. The highest BCUT2D eigenvalue weighted by atomic mass is 35.5. The Morgan fingerprint density at radius 2 is 1.77 bits per heavy atom. The fourth-order valence-corrected chi connectivity index (χ4v) is 6.88. The highest BCUT2D eigenvalue weighted by Gasteiger charge is 2.26. The molecule has 9 nitrogen and oxygen atoms in total. The maximum Gasteiger partial charge on any atom is 0.243 e. The number of nitrogens with zero attached hydrogens (tertiary/aromatic N) is 4. The predicted molar refractivity (Wildman–Crippen MR) is 152 cm³/mol. The molecule has 1 amide bonds. The zero-order valence-electron chi connectivity index (χ0n) is 22.0. The number of aryl methyl sites for hydroxylation is 2. The number of halogens is 1. The monoisotopic (exact) mass is 589 g/mol. The lowest BCUT2D eigenvalue weighted by atomic mass is 10.1. The van der Waals surface area contributed by atoms with Crippen LogP contribution in [0.15, 0.2) is 52.5 Å². The lowest BCUT2D eigenvalue weighted by Crippen LogP contribution is -2.35. The van der Waals surface area contributed by atoms with E-state index in [1.54, 1.807) is 12.1 Å². The van der Waals surface area contributed by atoms with Crippen molar-refractivity contribution in [2.45, 2.75) is 56.0 Å². The van der Waals surface area contributed by atoms with Crippen molar-refractivity contribution < 1.29 is 18.0 Å². The molecule has 0 saturated carbocycles. The van der Waals surface area contributed by atoms with E-state index in [0.717, 1.165) is 30.5 Å². The molecule has 0 atom stereocenters. The van der Waals surface area contributed by atoms with E-state index in [4.69, 9.17) is 11.6 Å². The van der Waals surface area contributed by atoms with Crippen LogP contribution in [0, 0.1) is 6.92 Å². The van der Waals surface area contributed by atoms with Crippen LogP contribution in [0.3, 0.4) is 0 Å². The number of carbonyl (C=O) groups excluding carboxylic acids is 2. The minimum absolute atomic E-state index is 0.0892. The summed E-state index contributed by atoms with van der Waals surface area (Å²) in [6.45, 7) is 4.97. The number of rotatable bonds is 11. The first kappa shape index (κ1) is 29.3. The SMILES string of the molecule is CC(=O)NCCCc1nnc(SCC(=O)c2ccc(S(=O)(=O)N3CCCCC3)cc2)n1-c1ccc(C)c(Cl)c1. The molecule has 1 fully saturated rings. The molecule has 1 aliphatic rings. The highest BCUT2D eigenvalue weighted by molar-refractivity contribution is 7.99. The van der Waals surface area contributed by atoms with Crippen LogP contribution in [0.25, 0.3) is 5.69 Å². The third kappa shape index (κ3) is 7.27. The molecule has 0 bridgehead atoms. The highest BCUT2D eigenvalue weighted by Crippen LogP contribution is 2.27. The fraction of sp³-hybridized carbons (Fsp3) is 0.407. The van der Waals surface area contributed by atoms with Gasteiger partial charge in [0, 0.05) is 43.6 Å². The standard InChI is InChI=1S/C27H32ClN5O4S2/c1-19-8-11-22(17-24(19)28)33-26(7-6-14-29-20(2)34)30-31-27(33)38-18-25(35)21-9-12-23(13-10-21)39(36,37)32-15-4-3-5-16-32/h8-13,17H,3-7,14-16,18H2,1-2H3,(H,29,34). The van der Waals surface area contributed by atoms with Crippen LogP contribution in [-0.4, -0.2) is 64.6 Å². The number of aromatic nitrogens is 3. The van der Waals surface area contributed by atoms with Gasteiger partial charge in [-0.1, -0.05) is 48.0 Å². The van der Waals surface area contributed by atoms with Crippen molar-refractivity contribution in [3.63, 3.8) is 0 Å². The van der Waals surface area contributed by atoms with Crippen LogP contribution >= 0.6 is 23.4 Å². The summed E-state index contributed by atoms with van der Waals surface area (Å²) in [6, 6.07) is 11.8. The van der Waals surface area contributed by atoms with Crippen LogP contribution in [0.1, 0.15) is 54.4 Å². The molecule has 2 heterocycles. The van der Waals surface area contributed by atoms with E-state index in [2.05, 4.69) is 15.5 Å². The lowest BCUT2D eigenvalue weighted by Gasteiger charge is -2.25. The van der Waals surface area contributed by atoms with Crippen LogP contribution in [0.2, 0.25) is 5.02 Å². The molecule has 1 aromatic heterocycles. The van der Waals surface area contributed by atoms with E-state index >= 15 is 0 Å². The summed E-state index contributed by atoms with van der Waals surface area (Å²) in [7, 11) is -3.55. The number of Topliss-reactive ketones (excluding diaryl/α,β-unsaturated/α-hetero) is 1. The Morgan fingerprint density at radius 3 is 2.44 bits per heavy atom. The summed E-state index contributed by atoms with van der Waals surface area (Å²) < 4.78 is 29.2. The van der Waals surface area contributed by atoms with Gasteiger partial charge in [0.05, 0.1) is 16.3 Å². The van der Waals surface area contributed by atoms with Gasteiger partial charge >= 0.3 is 0 Å². The van der Waals surface area contributed by atoms with E-state index < -0.39 is 10.0 Å². The summed E-state index contributed by atoms with van der Waals surface area (Å²) in [6.07, 6.45) is 4.02. The van der Waals surface area contributed by atoms with Crippen LogP contribution in [0.4, 0.5) is 0 Å². The van der Waals surface area contributed by atoms with Crippen molar-refractivity contribution in [3.05, 3.63) is 64.4 Å². The number of nitrogens with one attached hydrogen (secondary N) is 1. The second kappa shape index (κ2) is 13.1. The zero-order chi connectivity index (χ0) is 28.0. The number of thioether (sulfide) groups is 1.